The molecule has 30 heavy (non-hydrogen) atoms. The van der Waals surface area contributed by atoms with E-state index in [9.17, 15) is 4.79 Å². The molecule has 1 aliphatic rings. The molecule has 1 amide bonds. The van der Waals surface area contributed by atoms with Crippen molar-refractivity contribution in [2.75, 3.05) is 5.32 Å². The van der Waals surface area contributed by atoms with Crippen molar-refractivity contribution in [3.8, 4) is 17.1 Å². The molecular weight excluding hydrogens is 423 g/mol. The van der Waals surface area contributed by atoms with Crippen molar-refractivity contribution in [3.05, 3.63) is 76.3 Å². The number of carbonyl (C=O) groups excluding carboxylic acids is 1. The average molecular weight is 439 g/mol. The summed E-state index contributed by atoms with van der Waals surface area (Å²) in [6.45, 7) is 0. The quantitative estimate of drug-likeness (QED) is 0.453. The molecule has 1 aliphatic carbocycles. The fourth-order valence-corrected chi connectivity index (χ4v) is 3.35. The SMILES string of the molecule is O=C(Nc1ccc(-c2n[nH]c(C3CC3)n2)cc1)c1ccn(-c2ccc(Cl)c(Cl)c2)n1. The third-order valence-corrected chi connectivity index (χ3v) is 5.60. The summed E-state index contributed by atoms with van der Waals surface area (Å²) in [7, 11) is 0. The van der Waals surface area contributed by atoms with Crippen molar-refractivity contribution < 1.29 is 4.79 Å². The summed E-state index contributed by atoms with van der Waals surface area (Å²) in [5, 5.41) is 15.3. The number of nitrogens with one attached hydrogen (secondary N) is 2. The lowest BCUT2D eigenvalue weighted by atomic mass is 10.2. The van der Waals surface area contributed by atoms with E-state index in [1.165, 1.54) is 12.8 Å². The van der Waals surface area contributed by atoms with Crippen LogP contribution in [0.2, 0.25) is 10.0 Å². The van der Waals surface area contributed by atoms with Gasteiger partial charge < -0.3 is 5.32 Å². The van der Waals surface area contributed by atoms with Crippen LogP contribution >= 0.6 is 23.2 Å². The van der Waals surface area contributed by atoms with Crippen LogP contribution < -0.4 is 5.32 Å². The molecule has 0 saturated heterocycles. The Balaban J connectivity index is 1.28. The van der Waals surface area contributed by atoms with Crippen molar-refractivity contribution >= 4 is 34.8 Å². The molecule has 0 bridgehead atoms. The molecule has 0 atom stereocenters. The molecular formula is C21H16Cl2N6O. The molecule has 4 aromatic rings. The first-order chi connectivity index (χ1) is 14.6. The summed E-state index contributed by atoms with van der Waals surface area (Å²) in [6.07, 6.45) is 4.03. The van der Waals surface area contributed by atoms with Crippen LogP contribution in [0.15, 0.2) is 54.7 Å². The third-order valence-electron chi connectivity index (χ3n) is 4.86. The zero-order valence-electron chi connectivity index (χ0n) is 15.6. The largest absolute Gasteiger partial charge is 0.321 e. The van der Waals surface area contributed by atoms with E-state index in [4.69, 9.17) is 23.2 Å². The van der Waals surface area contributed by atoms with Crippen LogP contribution in [0, 0.1) is 0 Å². The summed E-state index contributed by atoms with van der Waals surface area (Å²) in [4.78, 5) is 17.1. The van der Waals surface area contributed by atoms with Gasteiger partial charge in [0.05, 0.1) is 15.7 Å². The zero-order valence-corrected chi connectivity index (χ0v) is 17.2. The Morgan fingerprint density at radius 3 is 2.60 bits per heavy atom. The maximum atomic E-state index is 12.6. The minimum Gasteiger partial charge on any atom is -0.321 e. The maximum absolute atomic E-state index is 12.6. The highest BCUT2D eigenvalue weighted by molar-refractivity contribution is 6.42. The van der Waals surface area contributed by atoms with Gasteiger partial charge in [0.25, 0.3) is 5.91 Å². The van der Waals surface area contributed by atoms with E-state index in [1.807, 2.05) is 24.3 Å². The fourth-order valence-electron chi connectivity index (χ4n) is 3.06. The fraction of sp³-hybridized carbons (Fsp3) is 0.143. The van der Waals surface area contributed by atoms with Crippen LogP contribution in [0.1, 0.15) is 35.1 Å². The van der Waals surface area contributed by atoms with Gasteiger partial charge >= 0.3 is 0 Å². The number of amides is 1. The number of aromatic nitrogens is 5. The second-order valence-electron chi connectivity index (χ2n) is 7.09. The molecule has 2 aromatic carbocycles. The minimum absolute atomic E-state index is 0.285. The van der Waals surface area contributed by atoms with Crippen LogP contribution in [0.3, 0.4) is 0 Å². The third kappa shape index (κ3) is 3.81. The molecule has 0 spiro atoms. The second kappa shape index (κ2) is 7.59. The summed E-state index contributed by atoms with van der Waals surface area (Å²) < 4.78 is 1.57. The monoisotopic (exact) mass is 438 g/mol. The highest BCUT2D eigenvalue weighted by atomic mass is 35.5. The number of benzene rings is 2. The van der Waals surface area contributed by atoms with Gasteiger partial charge in [-0.05, 0) is 61.4 Å². The lowest BCUT2D eigenvalue weighted by Gasteiger charge is -2.05. The molecule has 7 nitrogen and oxygen atoms in total. The minimum atomic E-state index is -0.310. The van der Waals surface area contributed by atoms with Gasteiger partial charge in [0, 0.05) is 23.4 Å². The molecule has 150 valence electrons. The Morgan fingerprint density at radius 2 is 1.87 bits per heavy atom. The normalized spacial score (nSPS) is 13.4. The van der Waals surface area contributed by atoms with E-state index in [0.717, 1.165) is 11.4 Å². The van der Waals surface area contributed by atoms with E-state index in [0.29, 0.717) is 33.2 Å². The number of aromatic amines is 1. The molecule has 9 heteroatoms. The summed E-state index contributed by atoms with van der Waals surface area (Å²) in [5.41, 5.74) is 2.55. The smallest absolute Gasteiger partial charge is 0.276 e. The number of anilines is 1. The number of halogens is 2. The molecule has 0 aliphatic heterocycles. The van der Waals surface area contributed by atoms with Gasteiger partial charge in [0.15, 0.2) is 11.5 Å². The van der Waals surface area contributed by atoms with Gasteiger partial charge in [-0.3, -0.25) is 9.89 Å². The predicted molar refractivity (Wildman–Crippen MR) is 115 cm³/mol. The molecule has 2 heterocycles. The lowest BCUT2D eigenvalue weighted by Crippen LogP contribution is -2.13. The highest BCUT2D eigenvalue weighted by Crippen LogP contribution is 2.38. The zero-order chi connectivity index (χ0) is 20.7. The van der Waals surface area contributed by atoms with Crippen molar-refractivity contribution in [1.29, 1.82) is 0 Å². The van der Waals surface area contributed by atoms with Gasteiger partial charge in [-0.2, -0.15) is 10.2 Å². The number of carbonyl (C=O) groups is 1. The molecule has 2 N–H and O–H groups in total. The van der Waals surface area contributed by atoms with Gasteiger partial charge in [-0.25, -0.2) is 9.67 Å². The standard InChI is InChI=1S/C21H16Cl2N6O/c22-16-8-7-15(11-17(16)23)29-10-9-18(28-29)21(30)24-14-5-3-13(4-6-14)20-25-19(26-27-20)12-1-2-12/h3-12H,1-2H2,(H,24,30)(H,25,26,27). The van der Waals surface area contributed by atoms with Crippen molar-refractivity contribution in [2.45, 2.75) is 18.8 Å². The van der Waals surface area contributed by atoms with Crippen LogP contribution in [-0.4, -0.2) is 30.9 Å². The number of H-pyrrole nitrogens is 1. The van der Waals surface area contributed by atoms with Crippen molar-refractivity contribution in [3.63, 3.8) is 0 Å². The van der Waals surface area contributed by atoms with E-state index >= 15 is 0 Å². The topological polar surface area (TPSA) is 88.5 Å². The van der Waals surface area contributed by atoms with Crippen molar-refractivity contribution in [1.82, 2.24) is 25.0 Å². The van der Waals surface area contributed by atoms with E-state index in [2.05, 4.69) is 25.6 Å². The van der Waals surface area contributed by atoms with Crippen LogP contribution in [0.4, 0.5) is 5.69 Å². The van der Waals surface area contributed by atoms with E-state index < -0.39 is 0 Å². The van der Waals surface area contributed by atoms with Gasteiger partial charge in [-0.15, -0.1) is 0 Å². The Kier molecular flexibility index (Phi) is 4.77. The van der Waals surface area contributed by atoms with Gasteiger partial charge in [-0.1, -0.05) is 23.2 Å². The van der Waals surface area contributed by atoms with Gasteiger partial charge in [0.1, 0.15) is 5.82 Å². The second-order valence-corrected chi connectivity index (χ2v) is 7.91. The first kappa shape index (κ1) is 18.8. The van der Waals surface area contributed by atoms with E-state index in [-0.39, 0.29) is 11.6 Å². The summed E-state index contributed by atoms with van der Waals surface area (Å²) in [5.74, 6) is 1.82. The molecule has 1 saturated carbocycles. The number of rotatable bonds is 5. The number of hydrogen-bond donors (Lipinski definition) is 2. The Hall–Kier alpha value is -3.16. The average Bonchev–Trinajstić information content (AvgIpc) is 3.27. The first-order valence-electron chi connectivity index (χ1n) is 9.42. The van der Waals surface area contributed by atoms with Crippen LogP contribution in [0.25, 0.3) is 17.1 Å². The van der Waals surface area contributed by atoms with Crippen molar-refractivity contribution in [2.24, 2.45) is 0 Å². The van der Waals surface area contributed by atoms with Gasteiger partial charge in [0.2, 0.25) is 0 Å². The molecule has 0 radical (unpaired) electrons. The number of hydrogen-bond acceptors (Lipinski definition) is 4. The molecule has 5 rings (SSSR count). The Morgan fingerprint density at radius 1 is 1.07 bits per heavy atom. The Bertz CT molecular complexity index is 1230. The molecule has 2 aromatic heterocycles. The molecule has 0 unspecified atom stereocenters. The predicted octanol–water partition coefficient (Wildman–Crippen LogP) is 5.09. The Labute approximate surface area is 182 Å². The summed E-state index contributed by atoms with van der Waals surface area (Å²) in [6, 6.07) is 14.2. The lowest BCUT2D eigenvalue weighted by molar-refractivity contribution is 0.102. The summed E-state index contributed by atoms with van der Waals surface area (Å²) >= 11 is 12.0. The van der Waals surface area contributed by atoms with Crippen LogP contribution in [-0.2, 0) is 0 Å². The molecule has 1 fully saturated rings. The van der Waals surface area contributed by atoms with E-state index in [1.54, 1.807) is 35.1 Å². The van der Waals surface area contributed by atoms with Crippen LogP contribution in [0.5, 0.6) is 0 Å². The first-order valence-corrected chi connectivity index (χ1v) is 10.2. The maximum Gasteiger partial charge on any atom is 0.276 e. The number of nitrogens with zero attached hydrogens (tertiary/aromatic N) is 4. The highest BCUT2D eigenvalue weighted by Gasteiger charge is 2.27.